The molecule has 170 valence electrons. The van der Waals surface area contributed by atoms with Crippen molar-refractivity contribution in [1.29, 1.82) is 0 Å². The second kappa shape index (κ2) is 11.7. The highest BCUT2D eigenvalue weighted by Crippen LogP contribution is 2.23. The van der Waals surface area contributed by atoms with Crippen LogP contribution in [-0.4, -0.2) is 44.3 Å². The van der Waals surface area contributed by atoms with E-state index in [1.54, 1.807) is 12.4 Å². The number of halogens is 1. The summed E-state index contributed by atoms with van der Waals surface area (Å²) >= 11 is 6.07. The topological polar surface area (TPSA) is 46.8 Å². The van der Waals surface area contributed by atoms with E-state index < -0.39 is 0 Å². The fraction of sp³-hybridized carbons (Fsp3) is 0.296. The Labute approximate surface area is 201 Å². The third-order valence-corrected chi connectivity index (χ3v) is 5.92. The maximum Gasteiger partial charge on any atom is 0.250 e. The summed E-state index contributed by atoms with van der Waals surface area (Å²) in [5.41, 5.74) is 4.45. The van der Waals surface area contributed by atoms with Crippen LogP contribution in [0.5, 0.6) is 0 Å². The van der Waals surface area contributed by atoms with E-state index in [1.807, 2.05) is 35.0 Å². The number of aryl methyl sites for hydroxylation is 1. The Kier molecular flexibility index (Phi) is 8.23. The highest BCUT2D eigenvalue weighted by molar-refractivity contribution is 6.30. The lowest BCUT2D eigenvalue weighted by molar-refractivity contribution is 0.273. The highest BCUT2D eigenvalue weighted by Gasteiger charge is 2.14. The van der Waals surface area contributed by atoms with Crippen LogP contribution >= 0.6 is 11.6 Å². The monoisotopic (exact) mass is 459 g/mol. The molecule has 0 radical (unpaired) electrons. The Balaban J connectivity index is 1.46. The van der Waals surface area contributed by atoms with Crippen molar-refractivity contribution in [3.63, 3.8) is 0 Å². The molecule has 6 heteroatoms. The van der Waals surface area contributed by atoms with E-state index in [4.69, 9.17) is 16.7 Å². The zero-order valence-electron chi connectivity index (χ0n) is 19.1. The van der Waals surface area contributed by atoms with Crippen LogP contribution in [0, 0.1) is 0 Å². The van der Waals surface area contributed by atoms with E-state index in [9.17, 15) is 0 Å². The van der Waals surface area contributed by atoms with Crippen LogP contribution in [0.15, 0.2) is 79.1 Å². The van der Waals surface area contributed by atoms with Gasteiger partial charge in [0, 0.05) is 35.2 Å². The number of hydrogen-bond donors (Lipinski definition) is 0. The second-order valence-electron chi connectivity index (χ2n) is 8.17. The summed E-state index contributed by atoms with van der Waals surface area (Å²) in [7, 11) is 0. The molecular weight excluding hydrogens is 430 g/mol. The molecule has 5 nitrogen and oxygen atoms in total. The zero-order chi connectivity index (χ0) is 22.9. The van der Waals surface area contributed by atoms with Crippen LogP contribution in [0.25, 0.3) is 17.2 Å². The molecule has 33 heavy (non-hydrogen) atoms. The van der Waals surface area contributed by atoms with E-state index in [0.29, 0.717) is 5.95 Å². The second-order valence-corrected chi connectivity index (χ2v) is 8.61. The molecule has 2 heterocycles. The molecule has 0 fully saturated rings. The molecule has 0 aliphatic carbocycles. The van der Waals surface area contributed by atoms with Crippen LogP contribution in [0.3, 0.4) is 0 Å². The Morgan fingerprint density at radius 2 is 1.61 bits per heavy atom. The number of nitrogens with zero attached hydrogens (tertiary/aromatic N) is 5. The van der Waals surface area contributed by atoms with Crippen LogP contribution in [0.1, 0.15) is 31.0 Å². The molecule has 0 atom stereocenters. The van der Waals surface area contributed by atoms with Crippen molar-refractivity contribution in [2.24, 2.45) is 0 Å². The molecule has 4 aromatic rings. The Morgan fingerprint density at radius 1 is 0.848 bits per heavy atom. The van der Waals surface area contributed by atoms with Gasteiger partial charge in [0.05, 0.1) is 5.69 Å². The van der Waals surface area contributed by atoms with Crippen molar-refractivity contribution in [2.45, 2.75) is 32.6 Å². The Hall–Kier alpha value is -3.02. The van der Waals surface area contributed by atoms with Gasteiger partial charge in [0.25, 0.3) is 5.95 Å². The molecule has 0 spiro atoms. The quantitative estimate of drug-likeness (QED) is 0.281. The molecule has 0 aliphatic rings. The van der Waals surface area contributed by atoms with Gasteiger partial charge in [-0.05, 0) is 68.6 Å². The third kappa shape index (κ3) is 6.50. The van der Waals surface area contributed by atoms with Crippen LogP contribution < -0.4 is 0 Å². The summed E-state index contributed by atoms with van der Waals surface area (Å²) in [6.07, 6.45) is 7.70. The first kappa shape index (κ1) is 23.1. The van der Waals surface area contributed by atoms with Crippen molar-refractivity contribution in [3.8, 4) is 17.2 Å². The van der Waals surface area contributed by atoms with Crippen LogP contribution in [0.2, 0.25) is 5.02 Å². The van der Waals surface area contributed by atoms with Gasteiger partial charge in [0.2, 0.25) is 0 Å². The van der Waals surface area contributed by atoms with Gasteiger partial charge in [-0.25, -0.2) is 14.6 Å². The number of hydrogen-bond acceptors (Lipinski definition) is 4. The molecule has 0 amide bonds. The van der Waals surface area contributed by atoms with Crippen molar-refractivity contribution < 1.29 is 0 Å². The predicted molar refractivity (Wildman–Crippen MR) is 135 cm³/mol. The molecule has 0 aliphatic heterocycles. The van der Waals surface area contributed by atoms with Gasteiger partial charge in [0.1, 0.15) is 0 Å². The van der Waals surface area contributed by atoms with Gasteiger partial charge < -0.3 is 4.90 Å². The van der Waals surface area contributed by atoms with Gasteiger partial charge in [0.15, 0.2) is 0 Å². The van der Waals surface area contributed by atoms with Gasteiger partial charge in [-0.1, -0.05) is 61.0 Å². The fourth-order valence-electron chi connectivity index (χ4n) is 4.00. The first-order valence-electron chi connectivity index (χ1n) is 11.6. The van der Waals surface area contributed by atoms with Crippen LogP contribution in [0.4, 0.5) is 0 Å². The summed E-state index contributed by atoms with van der Waals surface area (Å²) in [6.45, 7) is 5.49. The summed E-state index contributed by atoms with van der Waals surface area (Å²) in [6, 6.07) is 22.5. The highest BCUT2D eigenvalue weighted by atomic mass is 35.5. The largest absolute Gasteiger partial charge is 0.303 e. The van der Waals surface area contributed by atoms with E-state index in [1.165, 1.54) is 5.56 Å². The van der Waals surface area contributed by atoms with E-state index in [2.05, 4.69) is 58.2 Å². The molecule has 0 N–H and O–H groups in total. The summed E-state index contributed by atoms with van der Waals surface area (Å²) < 4.78 is 1.87. The van der Waals surface area contributed by atoms with Gasteiger partial charge in [-0.3, -0.25) is 0 Å². The SMILES string of the molecule is CCCN(CCCc1cc(-c2ccc(Cl)cc2)nn1-c1ncccn1)CCc1ccccc1. The van der Waals surface area contributed by atoms with E-state index in [0.717, 1.165) is 67.3 Å². The fourth-order valence-corrected chi connectivity index (χ4v) is 4.13. The molecule has 0 bridgehead atoms. The average molecular weight is 460 g/mol. The molecule has 2 aromatic carbocycles. The van der Waals surface area contributed by atoms with Crippen molar-refractivity contribution >= 4 is 11.6 Å². The lowest BCUT2D eigenvalue weighted by atomic mass is 10.1. The predicted octanol–water partition coefficient (Wildman–Crippen LogP) is 5.87. The molecule has 0 saturated carbocycles. The summed E-state index contributed by atoms with van der Waals surface area (Å²) in [5.74, 6) is 0.599. The maximum atomic E-state index is 6.07. The maximum absolute atomic E-state index is 6.07. The standard InChI is InChI=1S/C27H30ClN5/c1-2-18-32(20-15-22-8-4-3-5-9-22)19-6-10-25-21-26(23-11-13-24(28)14-12-23)31-33(25)27-29-16-7-17-30-27/h3-5,7-9,11-14,16-17,21H,2,6,10,15,18-20H2,1H3. The molecule has 2 aromatic heterocycles. The molecule has 4 rings (SSSR count). The molecular formula is C27H30ClN5. The minimum atomic E-state index is 0.599. The summed E-state index contributed by atoms with van der Waals surface area (Å²) in [4.78, 5) is 11.4. The minimum Gasteiger partial charge on any atom is -0.303 e. The third-order valence-electron chi connectivity index (χ3n) is 5.67. The first-order valence-corrected chi connectivity index (χ1v) is 12.0. The van der Waals surface area contributed by atoms with Gasteiger partial charge in [-0.15, -0.1) is 0 Å². The lowest BCUT2D eigenvalue weighted by Gasteiger charge is -2.21. The Bertz CT molecular complexity index is 1110. The van der Waals surface area contributed by atoms with E-state index in [-0.39, 0.29) is 0 Å². The zero-order valence-corrected chi connectivity index (χ0v) is 19.8. The lowest BCUT2D eigenvalue weighted by Crippen LogP contribution is -2.28. The van der Waals surface area contributed by atoms with Crippen molar-refractivity contribution in [2.75, 3.05) is 19.6 Å². The minimum absolute atomic E-state index is 0.599. The van der Waals surface area contributed by atoms with Crippen LogP contribution in [-0.2, 0) is 12.8 Å². The smallest absolute Gasteiger partial charge is 0.250 e. The van der Waals surface area contributed by atoms with Gasteiger partial charge >= 0.3 is 0 Å². The molecule has 0 saturated heterocycles. The summed E-state index contributed by atoms with van der Waals surface area (Å²) in [5, 5.41) is 5.54. The van der Waals surface area contributed by atoms with Crippen molar-refractivity contribution in [1.82, 2.24) is 24.6 Å². The van der Waals surface area contributed by atoms with E-state index >= 15 is 0 Å². The number of rotatable bonds is 11. The first-order chi connectivity index (χ1) is 16.2. The number of benzene rings is 2. The number of aromatic nitrogens is 4. The average Bonchev–Trinajstić information content (AvgIpc) is 3.28. The van der Waals surface area contributed by atoms with Gasteiger partial charge in [-0.2, -0.15) is 5.10 Å². The Morgan fingerprint density at radius 3 is 2.33 bits per heavy atom. The molecule has 0 unspecified atom stereocenters. The normalized spacial score (nSPS) is 11.2. The van der Waals surface area contributed by atoms with Crippen molar-refractivity contribution in [3.05, 3.63) is 95.4 Å².